The molecule has 122 valence electrons. The minimum Gasteiger partial charge on any atom is -0.373 e. The number of nitrogens with one attached hydrogen (secondary N) is 2. The SMILES string of the molecule is C(C#CCOC[C@@H]1CNCCO1)#CCOC[C@@H]1CNCCO1. The van der Waals surface area contributed by atoms with Gasteiger partial charge in [0.25, 0.3) is 0 Å². The highest BCUT2D eigenvalue weighted by Crippen LogP contribution is 1.96. The van der Waals surface area contributed by atoms with Crippen LogP contribution in [0.1, 0.15) is 0 Å². The van der Waals surface area contributed by atoms with Gasteiger partial charge in [-0.2, -0.15) is 0 Å². The summed E-state index contributed by atoms with van der Waals surface area (Å²) in [6.45, 7) is 6.86. The zero-order valence-electron chi connectivity index (χ0n) is 12.9. The Morgan fingerprint density at radius 3 is 1.73 bits per heavy atom. The van der Waals surface area contributed by atoms with Crippen molar-refractivity contribution in [3.63, 3.8) is 0 Å². The summed E-state index contributed by atoms with van der Waals surface area (Å²) >= 11 is 0. The number of morpholine rings is 2. The van der Waals surface area contributed by atoms with Crippen molar-refractivity contribution in [2.45, 2.75) is 12.2 Å². The van der Waals surface area contributed by atoms with Gasteiger partial charge < -0.3 is 29.6 Å². The minimum atomic E-state index is 0.131. The molecule has 2 fully saturated rings. The van der Waals surface area contributed by atoms with Gasteiger partial charge in [0.15, 0.2) is 0 Å². The fourth-order valence-electron chi connectivity index (χ4n) is 2.10. The predicted octanol–water partition coefficient (Wildman–Crippen LogP) is -0.997. The molecule has 2 aliphatic rings. The lowest BCUT2D eigenvalue weighted by atomic mass is 10.3. The number of rotatable bonds is 6. The lowest BCUT2D eigenvalue weighted by Gasteiger charge is -2.22. The smallest absolute Gasteiger partial charge is 0.108 e. The average molecular weight is 308 g/mol. The Morgan fingerprint density at radius 1 is 0.818 bits per heavy atom. The molecule has 0 saturated carbocycles. The zero-order chi connectivity index (χ0) is 15.3. The molecule has 2 rings (SSSR count). The molecule has 0 bridgehead atoms. The highest BCUT2D eigenvalue weighted by Gasteiger charge is 2.13. The van der Waals surface area contributed by atoms with Crippen LogP contribution in [0, 0.1) is 23.7 Å². The van der Waals surface area contributed by atoms with Crippen molar-refractivity contribution < 1.29 is 18.9 Å². The van der Waals surface area contributed by atoms with Crippen LogP contribution in [0.25, 0.3) is 0 Å². The van der Waals surface area contributed by atoms with Gasteiger partial charge >= 0.3 is 0 Å². The zero-order valence-corrected chi connectivity index (χ0v) is 12.9. The molecule has 0 amide bonds. The Morgan fingerprint density at radius 2 is 1.32 bits per heavy atom. The summed E-state index contributed by atoms with van der Waals surface area (Å²) in [4.78, 5) is 0. The maximum atomic E-state index is 5.51. The van der Waals surface area contributed by atoms with E-state index in [-0.39, 0.29) is 12.2 Å². The summed E-state index contributed by atoms with van der Waals surface area (Å²) in [7, 11) is 0. The normalized spacial score (nSPS) is 24.7. The molecule has 6 nitrogen and oxygen atoms in total. The molecule has 2 atom stereocenters. The van der Waals surface area contributed by atoms with Gasteiger partial charge in [0, 0.05) is 26.2 Å². The summed E-state index contributed by atoms with van der Waals surface area (Å²) < 4.78 is 21.8. The minimum absolute atomic E-state index is 0.131. The maximum Gasteiger partial charge on any atom is 0.108 e. The van der Waals surface area contributed by atoms with Crippen LogP contribution in [0.2, 0.25) is 0 Å². The molecule has 2 saturated heterocycles. The van der Waals surface area contributed by atoms with Crippen molar-refractivity contribution in [1.29, 1.82) is 0 Å². The third kappa shape index (κ3) is 7.77. The predicted molar refractivity (Wildman–Crippen MR) is 82.4 cm³/mol. The van der Waals surface area contributed by atoms with Crippen molar-refractivity contribution >= 4 is 0 Å². The van der Waals surface area contributed by atoms with Crippen molar-refractivity contribution in [3.8, 4) is 23.7 Å². The highest BCUT2D eigenvalue weighted by molar-refractivity contribution is 5.26. The van der Waals surface area contributed by atoms with E-state index in [0.717, 1.165) is 39.4 Å². The van der Waals surface area contributed by atoms with Gasteiger partial charge in [-0.05, 0) is 11.8 Å². The van der Waals surface area contributed by atoms with Crippen LogP contribution in [0.15, 0.2) is 0 Å². The fraction of sp³-hybridized carbons (Fsp3) is 0.750. The van der Waals surface area contributed by atoms with E-state index in [1.54, 1.807) is 0 Å². The van der Waals surface area contributed by atoms with E-state index in [4.69, 9.17) is 18.9 Å². The third-order valence-corrected chi connectivity index (χ3v) is 3.20. The van der Waals surface area contributed by atoms with E-state index >= 15 is 0 Å². The van der Waals surface area contributed by atoms with Crippen molar-refractivity contribution in [2.75, 3.05) is 65.8 Å². The van der Waals surface area contributed by atoms with Crippen LogP contribution in [0.4, 0.5) is 0 Å². The molecule has 2 heterocycles. The molecule has 6 heteroatoms. The Balaban J connectivity index is 1.44. The van der Waals surface area contributed by atoms with Gasteiger partial charge in [-0.1, -0.05) is 11.8 Å². The largest absolute Gasteiger partial charge is 0.373 e. The molecule has 0 aromatic heterocycles. The lowest BCUT2D eigenvalue weighted by molar-refractivity contribution is -0.0248. The maximum absolute atomic E-state index is 5.51. The van der Waals surface area contributed by atoms with Gasteiger partial charge in [0.05, 0.1) is 38.6 Å². The molecule has 0 aromatic rings. The topological polar surface area (TPSA) is 61.0 Å². The third-order valence-electron chi connectivity index (χ3n) is 3.20. The van der Waals surface area contributed by atoms with E-state index in [2.05, 4.69) is 34.3 Å². The molecule has 0 radical (unpaired) electrons. The van der Waals surface area contributed by atoms with E-state index in [1.807, 2.05) is 0 Å². The first kappa shape index (κ1) is 17.2. The Bertz CT molecular complexity index is 369. The second kappa shape index (κ2) is 11.4. The van der Waals surface area contributed by atoms with Crippen molar-refractivity contribution in [2.24, 2.45) is 0 Å². The van der Waals surface area contributed by atoms with Gasteiger partial charge in [0.1, 0.15) is 13.2 Å². The molecule has 0 unspecified atom stereocenters. The van der Waals surface area contributed by atoms with E-state index in [9.17, 15) is 0 Å². The Labute approximate surface area is 132 Å². The van der Waals surface area contributed by atoms with E-state index < -0.39 is 0 Å². The Hall–Kier alpha value is -1.12. The molecule has 22 heavy (non-hydrogen) atoms. The molecule has 2 aliphatic heterocycles. The van der Waals surface area contributed by atoms with E-state index in [1.165, 1.54) is 0 Å². The first-order valence-corrected chi connectivity index (χ1v) is 7.71. The highest BCUT2D eigenvalue weighted by atomic mass is 16.5. The van der Waals surface area contributed by atoms with Gasteiger partial charge in [-0.15, -0.1) is 0 Å². The summed E-state index contributed by atoms with van der Waals surface area (Å²) in [6, 6.07) is 0. The quantitative estimate of drug-likeness (QED) is 0.485. The first-order valence-electron chi connectivity index (χ1n) is 7.71. The monoisotopic (exact) mass is 308 g/mol. The molecule has 0 spiro atoms. The second-order valence-corrected chi connectivity index (χ2v) is 5.03. The van der Waals surface area contributed by atoms with Crippen molar-refractivity contribution in [1.82, 2.24) is 10.6 Å². The second-order valence-electron chi connectivity index (χ2n) is 5.03. The van der Waals surface area contributed by atoms with Gasteiger partial charge in [0.2, 0.25) is 0 Å². The van der Waals surface area contributed by atoms with Crippen LogP contribution in [-0.4, -0.2) is 78.0 Å². The molecular formula is C16H24N2O4. The number of hydrogen-bond donors (Lipinski definition) is 2. The summed E-state index contributed by atoms with van der Waals surface area (Å²) in [6.07, 6.45) is 0.262. The van der Waals surface area contributed by atoms with Crippen LogP contribution >= 0.6 is 0 Å². The fourth-order valence-corrected chi connectivity index (χ4v) is 2.10. The molecule has 2 N–H and O–H groups in total. The standard InChI is InChI=1S/C16H24N2O4/c1(3-7-19-13-15-11-17-5-9-21-15)2-4-8-20-14-16-12-18-6-10-22-16/h15-18H,5-14H2/t15-,16-/m0/s1. The van der Waals surface area contributed by atoms with Crippen LogP contribution in [0.5, 0.6) is 0 Å². The summed E-state index contributed by atoms with van der Waals surface area (Å²) in [5, 5.41) is 6.50. The molecular weight excluding hydrogens is 284 g/mol. The van der Waals surface area contributed by atoms with Gasteiger partial charge in [-0.25, -0.2) is 0 Å². The van der Waals surface area contributed by atoms with Gasteiger partial charge in [-0.3, -0.25) is 0 Å². The van der Waals surface area contributed by atoms with Crippen molar-refractivity contribution in [3.05, 3.63) is 0 Å². The Kier molecular flexibility index (Phi) is 8.97. The van der Waals surface area contributed by atoms with E-state index in [0.29, 0.717) is 26.4 Å². The lowest BCUT2D eigenvalue weighted by Crippen LogP contribution is -2.41. The summed E-state index contributed by atoms with van der Waals surface area (Å²) in [5.41, 5.74) is 0. The summed E-state index contributed by atoms with van der Waals surface area (Å²) in [5.74, 6) is 11.2. The first-order chi connectivity index (χ1) is 10.9. The van der Waals surface area contributed by atoms with Crippen LogP contribution < -0.4 is 10.6 Å². The number of ether oxygens (including phenoxy) is 4. The molecule has 0 aromatic carbocycles. The number of hydrogen-bond acceptors (Lipinski definition) is 6. The average Bonchev–Trinajstić information content (AvgIpc) is 2.58. The van der Waals surface area contributed by atoms with Crippen LogP contribution in [0.3, 0.4) is 0 Å². The van der Waals surface area contributed by atoms with Crippen LogP contribution in [-0.2, 0) is 18.9 Å². The molecule has 0 aliphatic carbocycles.